The Labute approximate surface area is 85.5 Å². The first-order chi connectivity index (χ1) is 6.70. The quantitative estimate of drug-likeness (QED) is 0.556. The van der Waals surface area contributed by atoms with Crippen molar-refractivity contribution >= 4 is 6.08 Å². The lowest BCUT2D eigenvalue weighted by molar-refractivity contribution is -0.176. The highest BCUT2D eigenvalue weighted by atomic mass is 17.0. The zero-order valence-electron chi connectivity index (χ0n) is 8.94. The summed E-state index contributed by atoms with van der Waals surface area (Å²) in [7, 11) is 0. The highest BCUT2D eigenvalue weighted by Crippen LogP contribution is 2.12. The van der Waals surface area contributed by atoms with Gasteiger partial charge in [-0.2, -0.15) is 0 Å². The molecule has 1 rings (SSSR count). The minimum Gasteiger partial charge on any atom is -0.255 e. The molecule has 2 N–H and O–H groups in total. The van der Waals surface area contributed by atoms with E-state index < -0.39 is 0 Å². The smallest absolute Gasteiger partial charge is 0.0257 e. The molecule has 0 heterocycles. The molecule has 0 amide bonds. The fourth-order valence-electron chi connectivity index (χ4n) is 0.979. The fraction of sp³-hybridized carbons (Fsp3) is 0.333. The van der Waals surface area contributed by atoms with Gasteiger partial charge in [-0.3, -0.25) is 10.5 Å². The second kappa shape index (κ2) is 7.30. The van der Waals surface area contributed by atoms with Crippen LogP contribution >= 0.6 is 0 Å². The topological polar surface area (TPSA) is 40.5 Å². The number of hydrogen-bond donors (Lipinski definition) is 2. The average Bonchev–Trinajstić information content (AvgIpc) is 2.22. The number of rotatable bonds is 2. The van der Waals surface area contributed by atoms with Gasteiger partial charge in [-0.15, -0.1) is 0 Å². The van der Waals surface area contributed by atoms with Gasteiger partial charge in [0.1, 0.15) is 0 Å². The summed E-state index contributed by atoms with van der Waals surface area (Å²) in [4.78, 5) is 0. The van der Waals surface area contributed by atoms with Gasteiger partial charge >= 0.3 is 0 Å². The van der Waals surface area contributed by atoms with Crippen LogP contribution < -0.4 is 0 Å². The molecule has 14 heavy (non-hydrogen) atoms. The fourth-order valence-corrected chi connectivity index (χ4v) is 0.979. The maximum atomic E-state index is 6.00. The van der Waals surface area contributed by atoms with Crippen LogP contribution in [0.2, 0.25) is 0 Å². The van der Waals surface area contributed by atoms with Crippen LogP contribution in [0.1, 0.15) is 26.3 Å². The zero-order chi connectivity index (χ0) is 11.0. The normalized spacial score (nSPS) is 10.9. The molecule has 2 nitrogen and oxygen atoms in total. The SMILES string of the molecule is CC(=Cc1ccccc1)C(C)C.OO. The van der Waals surface area contributed by atoms with Gasteiger partial charge in [0.25, 0.3) is 0 Å². The molecular formula is C12H18O2. The molecule has 0 saturated carbocycles. The summed E-state index contributed by atoms with van der Waals surface area (Å²) in [6, 6.07) is 10.4. The maximum absolute atomic E-state index is 6.00. The van der Waals surface area contributed by atoms with Crippen LogP contribution in [-0.4, -0.2) is 10.5 Å². The highest BCUT2D eigenvalue weighted by Gasteiger charge is 1.95. The van der Waals surface area contributed by atoms with E-state index in [4.69, 9.17) is 10.5 Å². The van der Waals surface area contributed by atoms with Gasteiger partial charge in [0.15, 0.2) is 0 Å². The van der Waals surface area contributed by atoms with Crippen LogP contribution in [0.3, 0.4) is 0 Å². The van der Waals surface area contributed by atoms with Gasteiger partial charge in [0.2, 0.25) is 0 Å². The lowest BCUT2D eigenvalue weighted by Gasteiger charge is -2.04. The van der Waals surface area contributed by atoms with Crippen molar-refractivity contribution in [2.24, 2.45) is 5.92 Å². The number of benzene rings is 1. The monoisotopic (exact) mass is 194 g/mol. The molecule has 0 fully saturated rings. The lowest BCUT2D eigenvalue weighted by Crippen LogP contribution is -1.87. The van der Waals surface area contributed by atoms with Crippen LogP contribution in [0.4, 0.5) is 0 Å². The molecular weight excluding hydrogens is 176 g/mol. The Hall–Kier alpha value is -1.12. The molecule has 1 aromatic carbocycles. The van der Waals surface area contributed by atoms with Gasteiger partial charge in [-0.25, -0.2) is 0 Å². The van der Waals surface area contributed by atoms with E-state index in [9.17, 15) is 0 Å². The summed E-state index contributed by atoms with van der Waals surface area (Å²) in [5.41, 5.74) is 2.73. The first-order valence-corrected chi connectivity index (χ1v) is 4.63. The molecule has 0 aliphatic heterocycles. The van der Waals surface area contributed by atoms with Gasteiger partial charge in [0, 0.05) is 0 Å². The molecule has 78 valence electrons. The molecule has 2 heteroatoms. The van der Waals surface area contributed by atoms with E-state index >= 15 is 0 Å². The first kappa shape index (κ1) is 12.9. The second-order valence-electron chi connectivity index (χ2n) is 3.45. The van der Waals surface area contributed by atoms with E-state index in [0.717, 1.165) is 0 Å². The molecule has 0 aromatic heterocycles. The van der Waals surface area contributed by atoms with Gasteiger partial charge in [-0.1, -0.05) is 55.8 Å². The minimum absolute atomic E-state index is 0.644. The summed E-state index contributed by atoms with van der Waals surface area (Å²) < 4.78 is 0. The Bertz CT molecular complexity index is 263. The Balaban J connectivity index is 0.000000791. The largest absolute Gasteiger partial charge is 0.255 e. The molecule has 0 spiro atoms. The summed E-state index contributed by atoms with van der Waals surface area (Å²) in [6.07, 6.45) is 2.24. The van der Waals surface area contributed by atoms with Crippen molar-refractivity contribution in [3.63, 3.8) is 0 Å². The summed E-state index contributed by atoms with van der Waals surface area (Å²) >= 11 is 0. The van der Waals surface area contributed by atoms with Crippen LogP contribution in [0.5, 0.6) is 0 Å². The third-order valence-electron chi connectivity index (χ3n) is 2.10. The van der Waals surface area contributed by atoms with E-state index in [2.05, 4.69) is 51.1 Å². The van der Waals surface area contributed by atoms with Crippen LogP contribution in [-0.2, 0) is 0 Å². The standard InChI is InChI=1S/C12H16.H2O2/c1-10(2)11(3)9-12-7-5-4-6-8-12;1-2/h4-10H,1-3H3;1-2H. The predicted octanol–water partition coefficient (Wildman–Crippen LogP) is 3.76. The summed E-state index contributed by atoms with van der Waals surface area (Å²) in [6.45, 7) is 6.61. The maximum Gasteiger partial charge on any atom is -0.0257 e. The van der Waals surface area contributed by atoms with Crippen LogP contribution in [0.25, 0.3) is 6.08 Å². The van der Waals surface area contributed by atoms with E-state index in [-0.39, 0.29) is 0 Å². The van der Waals surface area contributed by atoms with E-state index in [1.54, 1.807) is 0 Å². The molecule has 1 aromatic rings. The van der Waals surface area contributed by atoms with Gasteiger partial charge < -0.3 is 0 Å². The van der Waals surface area contributed by atoms with E-state index in [1.165, 1.54) is 11.1 Å². The van der Waals surface area contributed by atoms with E-state index in [0.29, 0.717) is 5.92 Å². The molecule has 0 unspecified atom stereocenters. The first-order valence-electron chi connectivity index (χ1n) is 4.63. The Kier molecular flexibility index (Phi) is 6.72. The Morgan fingerprint density at radius 1 is 1.14 bits per heavy atom. The molecule has 0 aliphatic carbocycles. The summed E-state index contributed by atoms with van der Waals surface area (Å²) in [5, 5.41) is 12.0. The molecule has 0 saturated heterocycles. The van der Waals surface area contributed by atoms with Gasteiger partial charge in [0.05, 0.1) is 0 Å². The summed E-state index contributed by atoms with van der Waals surface area (Å²) in [5.74, 6) is 0.644. The third kappa shape index (κ3) is 4.80. The van der Waals surface area contributed by atoms with Crippen molar-refractivity contribution < 1.29 is 10.5 Å². The number of allylic oxidation sites excluding steroid dienone is 1. The predicted molar refractivity (Wildman–Crippen MR) is 60.2 cm³/mol. The van der Waals surface area contributed by atoms with Crippen molar-refractivity contribution in [1.29, 1.82) is 0 Å². The molecule has 0 aliphatic rings. The molecule has 0 bridgehead atoms. The zero-order valence-corrected chi connectivity index (χ0v) is 8.94. The Morgan fingerprint density at radius 3 is 2.07 bits per heavy atom. The highest BCUT2D eigenvalue weighted by molar-refractivity contribution is 5.52. The van der Waals surface area contributed by atoms with Crippen molar-refractivity contribution in [2.45, 2.75) is 20.8 Å². The van der Waals surface area contributed by atoms with Crippen LogP contribution in [0, 0.1) is 5.92 Å². The van der Waals surface area contributed by atoms with Crippen molar-refractivity contribution in [3.05, 3.63) is 41.5 Å². The lowest BCUT2D eigenvalue weighted by atomic mass is 10.0. The van der Waals surface area contributed by atoms with E-state index in [1.807, 2.05) is 6.07 Å². The minimum atomic E-state index is 0.644. The third-order valence-corrected chi connectivity index (χ3v) is 2.10. The Morgan fingerprint density at radius 2 is 1.64 bits per heavy atom. The van der Waals surface area contributed by atoms with Crippen molar-refractivity contribution in [1.82, 2.24) is 0 Å². The van der Waals surface area contributed by atoms with Crippen LogP contribution in [0.15, 0.2) is 35.9 Å². The molecule has 0 radical (unpaired) electrons. The molecule has 0 atom stereocenters. The van der Waals surface area contributed by atoms with Crippen molar-refractivity contribution in [3.8, 4) is 0 Å². The van der Waals surface area contributed by atoms with Gasteiger partial charge in [-0.05, 0) is 18.4 Å². The number of hydrogen-bond acceptors (Lipinski definition) is 2. The second-order valence-corrected chi connectivity index (χ2v) is 3.45. The van der Waals surface area contributed by atoms with Crippen molar-refractivity contribution in [2.75, 3.05) is 0 Å². The average molecular weight is 194 g/mol.